The third kappa shape index (κ3) is 18.0. The largest absolute Gasteiger partial charge is 2.00 e. The van der Waals surface area contributed by atoms with Crippen LogP contribution >= 0.6 is 0 Å². The van der Waals surface area contributed by atoms with Gasteiger partial charge >= 0.3 is 101 Å². The van der Waals surface area contributed by atoms with Gasteiger partial charge in [-0.15, -0.1) is 0 Å². The number of carbonyl (C=O) groups is 2. The van der Waals surface area contributed by atoms with E-state index in [1.807, 2.05) is 0 Å². The molecule has 12 heteroatoms. The molecule has 0 aliphatic carbocycles. The second kappa shape index (κ2) is 21.8. The van der Waals surface area contributed by atoms with Crippen LogP contribution in [0.3, 0.4) is 0 Å². The second-order valence-electron chi connectivity index (χ2n) is 1.57. The van der Waals surface area contributed by atoms with E-state index in [1.54, 1.807) is 0 Å². The van der Waals surface area contributed by atoms with Crippen molar-refractivity contribution in [3.63, 3.8) is 0 Å². The van der Waals surface area contributed by atoms with Gasteiger partial charge in [-0.1, -0.05) is 0 Å². The summed E-state index contributed by atoms with van der Waals surface area (Å²) in [7, 11) is 0. The number of hydrogen-bond donors (Lipinski definition) is 4. The molecule has 0 fully saturated rings. The minimum Gasteiger partial charge on any atom is -1.00 e. The first-order valence-electron chi connectivity index (χ1n) is 2.28. The molecule has 0 aromatic heterocycles. The summed E-state index contributed by atoms with van der Waals surface area (Å²) in [4.78, 5) is 19.5. The number of aliphatic carboxylic acids is 2. The summed E-state index contributed by atoms with van der Waals surface area (Å²) in [6.07, 6.45) is -4.53. The first kappa shape index (κ1) is 43.2. The molecule has 96 valence electrons. The van der Waals surface area contributed by atoms with Gasteiger partial charge in [0, 0.05) is 0 Å². The van der Waals surface area contributed by atoms with Crippen LogP contribution in [0, 0.1) is 0 Å². The van der Waals surface area contributed by atoms with Crippen LogP contribution in [0.5, 0.6) is 0 Å². The fourth-order valence-corrected chi connectivity index (χ4v) is 0.270. The van der Waals surface area contributed by atoms with Gasteiger partial charge in [-0.3, -0.25) is 0 Å². The Bertz CT molecular complexity index is 159. The molecule has 0 amide bonds. The zero-order valence-electron chi connectivity index (χ0n) is 11.5. The standard InChI is InChI=1S/C4H6O6.Ca.K.4H2O.3H/c5-1(3(7)8)2(6)4(9)10;;;;;;;;;/h1-2,5-6H,(H,7,8)(H,9,10);;;4*1H2;;;/q;+2;+1;;;;;3*-1. The van der Waals surface area contributed by atoms with Crippen LogP contribution in [0.4, 0.5) is 0 Å². The summed E-state index contributed by atoms with van der Waals surface area (Å²) >= 11 is 0. The van der Waals surface area contributed by atoms with E-state index < -0.39 is 24.1 Å². The molecule has 0 aliphatic rings. The monoisotopic (exact) mass is 304 g/mol. The van der Waals surface area contributed by atoms with E-state index in [0.717, 1.165) is 0 Å². The quantitative estimate of drug-likeness (QED) is 0.368. The number of carboxylic acids is 2. The molecule has 2 unspecified atom stereocenters. The Morgan fingerprint density at radius 1 is 0.812 bits per heavy atom. The fraction of sp³-hybridized carbons (Fsp3) is 0.500. The predicted molar refractivity (Wildman–Crippen MR) is 50.8 cm³/mol. The molecule has 0 saturated heterocycles. The molecule has 0 aliphatic heterocycles. The second-order valence-corrected chi connectivity index (χ2v) is 1.57. The van der Waals surface area contributed by atoms with Crippen molar-refractivity contribution in [2.45, 2.75) is 12.2 Å². The summed E-state index contributed by atoms with van der Waals surface area (Å²) < 4.78 is 0. The number of aliphatic hydroxyl groups is 2. The number of rotatable bonds is 3. The third-order valence-electron chi connectivity index (χ3n) is 0.805. The zero-order chi connectivity index (χ0) is 8.31. The summed E-state index contributed by atoms with van der Waals surface area (Å²) in [5, 5.41) is 32.5. The minimum atomic E-state index is -2.27. The Morgan fingerprint density at radius 2 is 0.938 bits per heavy atom. The van der Waals surface area contributed by atoms with E-state index in [9.17, 15) is 9.59 Å². The topological polar surface area (TPSA) is 241 Å². The van der Waals surface area contributed by atoms with Crippen molar-refractivity contribution in [2.24, 2.45) is 0 Å². The van der Waals surface area contributed by atoms with Gasteiger partial charge in [-0.2, -0.15) is 0 Å². The molecule has 12 N–H and O–H groups in total. The van der Waals surface area contributed by atoms with Crippen LogP contribution in [-0.2, 0) is 9.59 Å². The van der Waals surface area contributed by atoms with Crippen molar-refractivity contribution in [1.82, 2.24) is 0 Å². The van der Waals surface area contributed by atoms with Crippen LogP contribution in [0.25, 0.3) is 0 Å². The van der Waals surface area contributed by atoms with E-state index in [-0.39, 0.29) is 115 Å². The maximum atomic E-state index is 9.77. The van der Waals surface area contributed by atoms with Gasteiger partial charge in [-0.05, 0) is 0 Å². The van der Waals surface area contributed by atoms with Crippen LogP contribution in [0.1, 0.15) is 4.28 Å². The Kier molecular flexibility index (Phi) is 58.9. The maximum absolute atomic E-state index is 9.77. The summed E-state index contributed by atoms with van der Waals surface area (Å²) in [5.74, 6) is -3.54. The van der Waals surface area contributed by atoms with Crippen molar-refractivity contribution >= 4 is 49.7 Å². The molecule has 10 nitrogen and oxygen atoms in total. The molecule has 0 bridgehead atoms. The van der Waals surface area contributed by atoms with Crippen LogP contribution in [0.15, 0.2) is 0 Å². The minimum absolute atomic E-state index is 0. The third-order valence-corrected chi connectivity index (χ3v) is 0.805. The summed E-state index contributed by atoms with van der Waals surface area (Å²) in [5.41, 5.74) is 0. The Morgan fingerprint density at radius 3 is 1.00 bits per heavy atom. The molecule has 0 radical (unpaired) electrons. The summed E-state index contributed by atoms with van der Waals surface area (Å²) in [6, 6.07) is 0. The van der Waals surface area contributed by atoms with Gasteiger partial charge in [0.15, 0.2) is 12.2 Å². The van der Waals surface area contributed by atoms with E-state index >= 15 is 0 Å². The van der Waals surface area contributed by atoms with Gasteiger partial charge < -0.3 is 46.6 Å². The Balaban J connectivity index is -0.0000000112. The first-order valence-corrected chi connectivity index (χ1v) is 2.28. The van der Waals surface area contributed by atoms with E-state index in [2.05, 4.69) is 0 Å². The van der Waals surface area contributed by atoms with Crippen molar-refractivity contribution in [1.29, 1.82) is 0 Å². The van der Waals surface area contributed by atoms with Crippen molar-refractivity contribution in [2.75, 3.05) is 0 Å². The molecule has 0 spiro atoms. The molecule has 0 saturated carbocycles. The predicted octanol–water partition coefficient (Wildman–Crippen LogP) is -8.46. The van der Waals surface area contributed by atoms with Gasteiger partial charge in [0.1, 0.15) is 0 Å². The normalized spacial score (nSPS) is 9.88. The van der Waals surface area contributed by atoms with Crippen LogP contribution < -0.4 is 51.4 Å². The molecule has 16 heavy (non-hydrogen) atoms. The van der Waals surface area contributed by atoms with Crippen molar-refractivity contribution < 1.29 is 108 Å². The van der Waals surface area contributed by atoms with E-state index in [0.29, 0.717) is 0 Å². The number of hydrogen-bond acceptors (Lipinski definition) is 4. The molecule has 0 aromatic rings. The van der Waals surface area contributed by atoms with Crippen molar-refractivity contribution in [3.05, 3.63) is 0 Å². The summed E-state index contributed by atoms with van der Waals surface area (Å²) in [6.45, 7) is 0. The average Bonchev–Trinajstić information content (AvgIpc) is 1.84. The van der Waals surface area contributed by atoms with Gasteiger partial charge in [0.05, 0.1) is 0 Å². The average molecular weight is 304 g/mol. The Labute approximate surface area is 167 Å². The molecule has 2 atom stereocenters. The fourth-order valence-electron chi connectivity index (χ4n) is 0.270. The SMILES string of the molecule is O.O.O.O.O=C(O)C(O)C(O)C(=O)O.[Ca+2].[H-].[H-].[H-].[K+]. The number of carboxylic acid groups (broad SMARTS) is 2. The van der Waals surface area contributed by atoms with Crippen molar-refractivity contribution in [3.8, 4) is 0 Å². The zero-order valence-corrected chi connectivity index (χ0v) is 13.8. The molecular weight excluding hydrogens is 287 g/mol. The van der Waals surface area contributed by atoms with E-state index in [4.69, 9.17) is 20.4 Å². The van der Waals surface area contributed by atoms with E-state index in [1.165, 1.54) is 0 Å². The van der Waals surface area contributed by atoms with Crippen LogP contribution in [0.2, 0.25) is 0 Å². The van der Waals surface area contributed by atoms with Gasteiger partial charge in [0.2, 0.25) is 0 Å². The maximum Gasteiger partial charge on any atom is 2.00 e. The molecule has 0 aromatic carbocycles. The number of aliphatic hydroxyl groups excluding tert-OH is 2. The smallest absolute Gasteiger partial charge is 1.00 e. The first-order chi connectivity index (χ1) is 4.46. The van der Waals surface area contributed by atoms with Gasteiger partial charge in [-0.25, -0.2) is 9.59 Å². The molecule has 0 rings (SSSR count). The van der Waals surface area contributed by atoms with Crippen LogP contribution in [-0.4, -0.2) is 104 Å². The molecular formula is C4H17CaKO10. The molecule has 0 heterocycles. The Hall–Kier alpha value is 1.60. The van der Waals surface area contributed by atoms with Gasteiger partial charge in [0.25, 0.3) is 0 Å².